The minimum atomic E-state index is -0.204. The average Bonchev–Trinajstić information content (AvgIpc) is 2.64. The minimum absolute atomic E-state index is 0.0484. The molecule has 2 aromatic rings. The summed E-state index contributed by atoms with van der Waals surface area (Å²) in [5.41, 5.74) is 1.35. The van der Waals surface area contributed by atoms with Gasteiger partial charge in [-0.25, -0.2) is 0 Å². The van der Waals surface area contributed by atoms with E-state index in [0.717, 1.165) is 5.56 Å². The van der Waals surface area contributed by atoms with E-state index in [2.05, 4.69) is 0 Å². The Labute approximate surface area is 146 Å². The number of carbonyl (C=O) groups excluding carboxylic acids is 1. The van der Waals surface area contributed by atoms with E-state index in [1.165, 1.54) is 25.3 Å². The van der Waals surface area contributed by atoms with Gasteiger partial charge in [-0.15, -0.1) is 0 Å². The molecule has 0 saturated carbocycles. The molecule has 0 atom stereocenters. The van der Waals surface area contributed by atoms with E-state index in [1.54, 1.807) is 50.6 Å². The van der Waals surface area contributed by atoms with Crippen molar-refractivity contribution >= 4 is 17.9 Å². The average molecular weight is 340 g/mol. The predicted molar refractivity (Wildman–Crippen MR) is 97.3 cm³/mol. The van der Waals surface area contributed by atoms with Gasteiger partial charge in [0.1, 0.15) is 11.5 Å². The Kier molecular flexibility index (Phi) is 6.23. The van der Waals surface area contributed by atoms with Crippen molar-refractivity contribution in [3.63, 3.8) is 0 Å². The highest BCUT2D eigenvalue weighted by Gasteiger charge is 2.03. The van der Waals surface area contributed by atoms with Crippen molar-refractivity contribution in [1.29, 1.82) is 0 Å². The number of ether oxygens (including phenoxy) is 3. The number of ketones is 1. The lowest BCUT2D eigenvalue weighted by Crippen LogP contribution is -1.91. The molecule has 0 bridgehead atoms. The topological polar surface area (TPSA) is 65.0 Å². The summed E-state index contributed by atoms with van der Waals surface area (Å²) >= 11 is 0. The van der Waals surface area contributed by atoms with Crippen molar-refractivity contribution in [3.05, 3.63) is 59.7 Å². The highest BCUT2D eigenvalue weighted by Crippen LogP contribution is 2.28. The molecule has 0 amide bonds. The molecular weight excluding hydrogens is 320 g/mol. The zero-order valence-corrected chi connectivity index (χ0v) is 14.4. The minimum Gasteiger partial charge on any atom is -0.507 e. The lowest BCUT2D eigenvalue weighted by atomic mass is 10.1. The van der Waals surface area contributed by atoms with E-state index < -0.39 is 0 Å². The summed E-state index contributed by atoms with van der Waals surface area (Å²) in [4.78, 5) is 12.0. The predicted octanol–water partition coefficient (Wildman–Crippen LogP) is 3.71. The van der Waals surface area contributed by atoms with Crippen LogP contribution < -0.4 is 14.2 Å². The number of hydrogen-bond donors (Lipinski definition) is 1. The molecule has 0 heterocycles. The Balaban J connectivity index is 2.08. The number of hydrogen-bond acceptors (Lipinski definition) is 5. The Morgan fingerprint density at radius 2 is 1.60 bits per heavy atom. The molecule has 0 aliphatic carbocycles. The summed E-state index contributed by atoms with van der Waals surface area (Å²) in [6.07, 6.45) is 6.07. The molecule has 0 aliphatic rings. The largest absolute Gasteiger partial charge is 0.507 e. The zero-order valence-electron chi connectivity index (χ0n) is 14.4. The number of rotatable bonds is 7. The summed E-state index contributed by atoms with van der Waals surface area (Å²) in [7, 11) is 4.64. The van der Waals surface area contributed by atoms with Crippen LogP contribution >= 0.6 is 0 Å². The van der Waals surface area contributed by atoms with Gasteiger partial charge >= 0.3 is 0 Å². The van der Waals surface area contributed by atoms with E-state index in [1.807, 2.05) is 6.07 Å². The molecule has 0 fully saturated rings. The molecule has 2 rings (SSSR count). The maximum atomic E-state index is 12.0. The zero-order chi connectivity index (χ0) is 18.2. The van der Waals surface area contributed by atoms with Crippen molar-refractivity contribution in [1.82, 2.24) is 0 Å². The number of methoxy groups -OCH3 is 3. The van der Waals surface area contributed by atoms with Crippen LogP contribution in [-0.4, -0.2) is 32.2 Å². The number of carbonyl (C=O) groups is 1. The van der Waals surface area contributed by atoms with Crippen LogP contribution in [0.2, 0.25) is 0 Å². The molecule has 0 spiro atoms. The monoisotopic (exact) mass is 340 g/mol. The second-order valence-corrected chi connectivity index (χ2v) is 5.11. The van der Waals surface area contributed by atoms with Gasteiger partial charge in [0.05, 0.1) is 21.3 Å². The van der Waals surface area contributed by atoms with Gasteiger partial charge in [-0.2, -0.15) is 0 Å². The van der Waals surface area contributed by atoms with Gasteiger partial charge in [-0.05, 0) is 48.1 Å². The van der Waals surface area contributed by atoms with Crippen LogP contribution in [0.1, 0.15) is 11.1 Å². The Hall–Kier alpha value is -3.21. The van der Waals surface area contributed by atoms with E-state index in [-0.39, 0.29) is 11.5 Å². The number of phenolic OH excluding ortho intramolecular Hbond substituents is 1. The first kappa shape index (κ1) is 18.1. The summed E-state index contributed by atoms with van der Waals surface area (Å²) in [6.45, 7) is 0. The van der Waals surface area contributed by atoms with Crippen molar-refractivity contribution in [2.75, 3.05) is 21.3 Å². The molecule has 0 saturated heterocycles. The second-order valence-electron chi connectivity index (χ2n) is 5.11. The molecule has 2 aromatic carbocycles. The third-order valence-corrected chi connectivity index (χ3v) is 3.51. The number of benzene rings is 2. The van der Waals surface area contributed by atoms with Gasteiger partial charge in [0.2, 0.25) is 0 Å². The normalized spacial score (nSPS) is 11.0. The fourth-order valence-electron chi connectivity index (χ4n) is 2.15. The first-order valence-corrected chi connectivity index (χ1v) is 7.56. The fraction of sp³-hybridized carbons (Fsp3) is 0.150. The SMILES string of the molecule is COc1ccc(/C=C/C(=O)/C=C/c2ccc(OC)c(OC)c2)c(O)c1. The molecule has 0 aromatic heterocycles. The maximum Gasteiger partial charge on any atom is 0.178 e. The first-order valence-electron chi connectivity index (χ1n) is 7.56. The van der Waals surface area contributed by atoms with Crippen molar-refractivity contribution in [2.24, 2.45) is 0 Å². The quantitative estimate of drug-likeness (QED) is 0.778. The maximum absolute atomic E-state index is 12.0. The van der Waals surface area contributed by atoms with Crippen LogP contribution in [0.25, 0.3) is 12.2 Å². The van der Waals surface area contributed by atoms with E-state index >= 15 is 0 Å². The lowest BCUT2D eigenvalue weighted by Gasteiger charge is -2.07. The van der Waals surface area contributed by atoms with Gasteiger partial charge in [-0.1, -0.05) is 12.1 Å². The third-order valence-electron chi connectivity index (χ3n) is 3.51. The lowest BCUT2D eigenvalue weighted by molar-refractivity contribution is -0.110. The van der Waals surface area contributed by atoms with Crippen molar-refractivity contribution in [3.8, 4) is 23.0 Å². The van der Waals surface area contributed by atoms with Gasteiger partial charge in [0, 0.05) is 11.6 Å². The molecule has 5 heteroatoms. The van der Waals surface area contributed by atoms with Gasteiger partial charge in [0.25, 0.3) is 0 Å². The van der Waals surface area contributed by atoms with Gasteiger partial charge in [0.15, 0.2) is 17.3 Å². The number of phenols is 1. The van der Waals surface area contributed by atoms with E-state index in [4.69, 9.17) is 14.2 Å². The molecular formula is C20H20O5. The second kappa shape index (κ2) is 8.59. The molecule has 130 valence electrons. The molecule has 25 heavy (non-hydrogen) atoms. The standard InChI is InChI=1S/C20H20O5/c1-23-17-10-7-15(18(22)13-17)6-9-16(21)8-4-14-5-11-19(24-2)20(12-14)25-3/h4-13,22H,1-3H3/b8-4+,9-6+. The highest BCUT2D eigenvalue weighted by molar-refractivity contribution is 6.04. The summed E-state index contributed by atoms with van der Waals surface area (Å²) in [5, 5.41) is 9.86. The highest BCUT2D eigenvalue weighted by atomic mass is 16.5. The molecule has 5 nitrogen and oxygen atoms in total. The number of aromatic hydroxyl groups is 1. The fourth-order valence-corrected chi connectivity index (χ4v) is 2.15. The van der Waals surface area contributed by atoms with Gasteiger partial charge in [-0.3, -0.25) is 4.79 Å². The van der Waals surface area contributed by atoms with Crippen molar-refractivity contribution < 1.29 is 24.1 Å². The summed E-state index contributed by atoms with van der Waals surface area (Å²) in [5.74, 6) is 1.61. The van der Waals surface area contributed by atoms with Crippen LogP contribution in [0.4, 0.5) is 0 Å². The third kappa shape index (κ3) is 4.88. The van der Waals surface area contributed by atoms with E-state index in [0.29, 0.717) is 22.8 Å². The van der Waals surface area contributed by atoms with Crippen LogP contribution in [-0.2, 0) is 4.79 Å². The van der Waals surface area contributed by atoms with Crippen molar-refractivity contribution in [2.45, 2.75) is 0 Å². The van der Waals surface area contributed by atoms with Crippen LogP contribution in [0.3, 0.4) is 0 Å². The van der Waals surface area contributed by atoms with E-state index in [9.17, 15) is 9.90 Å². The molecule has 0 unspecified atom stereocenters. The van der Waals surface area contributed by atoms with Gasteiger partial charge < -0.3 is 19.3 Å². The number of allylic oxidation sites excluding steroid dienone is 2. The Morgan fingerprint density at radius 1 is 0.880 bits per heavy atom. The molecule has 1 N–H and O–H groups in total. The molecule has 0 aliphatic heterocycles. The van der Waals surface area contributed by atoms with Crippen LogP contribution in [0.5, 0.6) is 23.0 Å². The van der Waals surface area contributed by atoms with Crippen LogP contribution in [0.15, 0.2) is 48.6 Å². The first-order chi connectivity index (χ1) is 12.1. The smallest absolute Gasteiger partial charge is 0.178 e. The summed E-state index contributed by atoms with van der Waals surface area (Å²) < 4.78 is 15.4. The van der Waals surface area contributed by atoms with Crippen LogP contribution in [0, 0.1) is 0 Å². The molecule has 0 radical (unpaired) electrons. The Bertz CT molecular complexity index is 806. The summed E-state index contributed by atoms with van der Waals surface area (Å²) in [6, 6.07) is 10.3. The Morgan fingerprint density at radius 3 is 2.24 bits per heavy atom.